The smallest absolute Gasteiger partial charge is 0.407 e. The second-order valence-electron chi connectivity index (χ2n) is 8.00. The standard InChI is InChI=1S/C20H29N5O4S/c1-12(2)21-20(26)29-14(4)10-13(3)17-11-18(24-23-17)22-16-7-5-6-15-8-9-30(27,28)25-19(15)16/h5-7,11-14,25H,8-10H2,1-4H3,(H,21,26)(H2,22,23,24)/t13-,14+/m0/s1. The molecule has 0 aliphatic carbocycles. The van der Waals surface area contributed by atoms with Gasteiger partial charge in [0.15, 0.2) is 5.82 Å². The lowest BCUT2D eigenvalue weighted by molar-refractivity contribution is 0.0968. The number of aromatic nitrogens is 2. The number of para-hydroxylation sites is 1. The number of nitrogens with zero attached hydrogens (tertiary/aromatic N) is 1. The van der Waals surface area contributed by atoms with Crippen molar-refractivity contribution >= 4 is 33.3 Å². The normalized spacial score (nSPS) is 16.8. The maximum absolute atomic E-state index is 11.9. The van der Waals surface area contributed by atoms with E-state index in [-0.39, 0.29) is 23.8 Å². The van der Waals surface area contributed by atoms with Crippen molar-refractivity contribution in [1.82, 2.24) is 15.5 Å². The zero-order valence-electron chi connectivity index (χ0n) is 17.7. The summed E-state index contributed by atoms with van der Waals surface area (Å²) in [5.41, 5.74) is 3.07. The van der Waals surface area contributed by atoms with Crippen LogP contribution in [0.3, 0.4) is 0 Å². The summed E-state index contributed by atoms with van der Waals surface area (Å²) >= 11 is 0. The molecular formula is C20H29N5O4S. The zero-order valence-corrected chi connectivity index (χ0v) is 18.5. The van der Waals surface area contributed by atoms with E-state index in [1.165, 1.54) is 0 Å². The highest BCUT2D eigenvalue weighted by molar-refractivity contribution is 7.92. The van der Waals surface area contributed by atoms with Crippen LogP contribution in [0.15, 0.2) is 24.3 Å². The highest BCUT2D eigenvalue weighted by atomic mass is 32.2. The molecule has 0 bridgehead atoms. The first-order chi connectivity index (χ1) is 14.1. The molecule has 0 spiro atoms. The fraction of sp³-hybridized carbons (Fsp3) is 0.500. The van der Waals surface area contributed by atoms with Crippen LogP contribution in [0.25, 0.3) is 0 Å². The molecule has 0 saturated carbocycles. The maximum Gasteiger partial charge on any atom is 0.407 e. The van der Waals surface area contributed by atoms with E-state index in [0.29, 0.717) is 30.0 Å². The lowest BCUT2D eigenvalue weighted by Crippen LogP contribution is -2.33. The van der Waals surface area contributed by atoms with Crippen LogP contribution in [0, 0.1) is 0 Å². The number of carbonyl (C=O) groups excluding carboxylic acids is 1. The van der Waals surface area contributed by atoms with Gasteiger partial charge in [0.2, 0.25) is 10.0 Å². The summed E-state index contributed by atoms with van der Waals surface area (Å²) in [5, 5.41) is 13.2. The number of carbonyl (C=O) groups is 1. The van der Waals surface area contributed by atoms with Gasteiger partial charge in [-0.2, -0.15) is 5.10 Å². The van der Waals surface area contributed by atoms with E-state index in [9.17, 15) is 13.2 Å². The molecule has 2 atom stereocenters. The molecule has 1 aromatic heterocycles. The first kappa shape index (κ1) is 21.9. The summed E-state index contributed by atoms with van der Waals surface area (Å²) in [6.07, 6.45) is 0.431. The van der Waals surface area contributed by atoms with Crippen LogP contribution >= 0.6 is 0 Å². The van der Waals surface area contributed by atoms with Crippen molar-refractivity contribution in [3.8, 4) is 0 Å². The Labute approximate surface area is 177 Å². The Morgan fingerprint density at radius 3 is 2.77 bits per heavy atom. The van der Waals surface area contributed by atoms with E-state index in [4.69, 9.17) is 4.74 Å². The number of alkyl carbamates (subject to hydrolysis) is 1. The monoisotopic (exact) mass is 435 g/mol. The lowest BCUT2D eigenvalue weighted by atomic mass is 10.0. The number of sulfonamides is 1. The summed E-state index contributed by atoms with van der Waals surface area (Å²) in [4.78, 5) is 11.7. The summed E-state index contributed by atoms with van der Waals surface area (Å²) in [6.45, 7) is 7.63. The van der Waals surface area contributed by atoms with Crippen molar-refractivity contribution < 1.29 is 17.9 Å². The van der Waals surface area contributed by atoms with Crippen LogP contribution in [0.1, 0.15) is 51.3 Å². The molecule has 3 rings (SSSR count). The second kappa shape index (κ2) is 8.95. The van der Waals surface area contributed by atoms with Crippen LogP contribution in [0.4, 0.5) is 22.0 Å². The largest absolute Gasteiger partial charge is 0.447 e. The average molecular weight is 436 g/mol. The quantitative estimate of drug-likeness (QED) is 0.528. The molecule has 0 radical (unpaired) electrons. The van der Waals surface area contributed by atoms with Gasteiger partial charge < -0.3 is 15.4 Å². The number of hydrogen-bond acceptors (Lipinski definition) is 6. The van der Waals surface area contributed by atoms with Gasteiger partial charge in [-0.05, 0) is 45.2 Å². The Morgan fingerprint density at radius 2 is 2.03 bits per heavy atom. The number of nitrogens with one attached hydrogen (secondary N) is 4. The summed E-state index contributed by atoms with van der Waals surface area (Å²) < 4.78 is 31.9. The van der Waals surface area contributed by atoms with E-state index in [2.05, 4.69) is 25.6 Å². The van der Waals surface area contributed by atoms with Gasteiger partial charge >= 0.3 is 6.09 Å². The molecule has 0 unspecified atom stereocenters. The number of amides is 1. The van der Waals surface area contributed by atoms with E-state index < -0.39 is 16.1 Å². The Morgan fingerprint density at radius 1 is 1.27 bits per heavy atom. The third-order valence-corrected chi connectivity index (χ3v) is 6.10. The SMILES string of the molecule is CC(C)NC(=O)O[C@H](C)C[C@H](C)c1cc(Nc2cccc3c2NS(=O)(=O)CC3)n[nH]1. The highest BCUT2D eigenvalue weighted by Gasteiger charge is 2.23. The van der Waals surface area contributed by atoms with Gasteiger partial charge in [-0.3, -0.25) is 9.82 Å². The van der Waals surface area contributed by atoms with E-state index in [1.807, 2.05) is 52.0 Å². The predicted octanol–water partition coefficient (Wildman–Crippen LogP) is 3.47. The number of benzene rings is 1. The van der Waals surface area contributed by atoms with Crippen LogP contribution in [0.5, 0.6) is 0 Å². The van der Waals surface area contributed by atoms with Gasteiger partial charge in [0.05, 0.1) is 17.1 Å². The first-order valence-electron chi connectivity index (χ1n) is 10.0. The number of ether oxygens (including phenoxy) is 1. The fourth-order valence-electron chi connectivity index (χ4n) is 3.40. The van der Waals surface area contributed by atoms with Crippen LogP contribution < -0.4 is 15.4 Å². The molecule has 10 heteroatoms. The average Bonchev–Trinajstić information content (AvgIpc) is 3.09. The number of aryl methyl sites for hydroxylation is 1. The minimum atomic E-state index is -3.32. The molecule has 2 heterocycles. The molecule has 1 aromatic carbocycles. The minimum Gasteiger partial charge on any atom is -0.447 e. The molecule has 1 aliphatic rings. The predicted molar refractivity (Wildman–Crippen MR) is 117 cm³/mol. The second-order valence-corrected chi connectivity index (χ2v) is 9.84. The third kappa shape index (κ3) is 5.65. The van der Waals surface area contributed by atoms with Gasteiger partial charge in [0.25, 0.3) is 0 Å². The van der Waals surface area contributed by atoms with Crippen molar-refractivity contribution in [2.45, 2.75) is 58.6 Å². The number of hydrogen-bond donors (Lipinski definition) is 4. The lowest BCUT2D eigenvalue weighted by Gasteiger charge is -2.21. The van der Waals surface area contributed by atoms with Gasteiger partial charge in [-0.15, -0.1) is 0 Å². The van der Waals surface area contributed by atoms with Crippen LogP contribution in [-0.2, 0) is 21.2 Å². The Kier molecular flexibility index (Phi) is 6.55. The molecule has 4 N–H and O–H groups in total. The summed E-state index contributed by atoms with van der Waals surface area (Å²) in [5.74, 6) is 0.752. The molecular weight excluding hydrogens is 406 g/mol. The molecule has 2 aromatic rings. The molecule has 1 aliphatic heterocycles. The van der Waals surface area contributed by atoms with Crippen LogP contribution in [-0.4, -0.2) is 42.6 Å². The zero-order chi connectivity index (χ0) is 21.9. The fourth-order valence-corrected chi connectivity index (χ4v) is 4.54. The number of aromatic amines is 1. The van der Waals surface area contributed by atoms with Crippen molar-refractivity contribution in [3.63, 3.8) is 0 Å². The van der Waals surface area contributed by atoms with Gasteiger partial charge in [0.1, 0.15) is 6.10 Å². The highest BCUT2D eigenvalue weighted by Crippen LogP contribution is 2.33. The number of anilines is 3. The van der Waals surface area contributed by atoms with E-state index in [1.54, 1.807) is 0 Å². The molecule has 30 heavy (non-hydrogen) atoms. The van der Waals surface area contributed by atoms with Gasteiger partial charge in [-0.25, -0.2) is 13.2 Å². The summed E-state index contributed by atoms with van der Waals surface area (Å²) in [6, 6.07) is 7.52. The van der Waals surface area contributed by atoms with E-state index >= 15 is 0 Å². The Hall–Kier alpha value is -2.75. The molecule has 9 nitrogen and oxygen atoms in total. The van der Waals surface area contributed by atoms with Crippen molar-refractivity contribution in [3.05, 3.63) is 35.5 Å². The Balaban J connectivity index is 1.64. The van der Waals surface area contributed by atoms with Crippen molar-refractivity contribution in [1.29, 1.82) is 0 Å². The first-order valence-corrected chi connectivity index (χ1v) is 11.7. The van der Waals surface area contributed by atoms with Crippen molar-refractivity contribution in [2.24, 2.45) is 0 Å². The topological polar surface area (TPSA) is 125 Å². The third-order valence-electron chi connectivity index (χ3n) is 4.84. The van der Waals surface area contributed by atoms with Crippen LogP contribution in [0.2, 0.25) is 0 Å². The van der Waals surface area contributed by atoms with Gasteiger partial charge in [-0.1, -0.05) is 19.1 Å². The number of rotatable bonds is 7. The summed E-state index contributed by atoms with van der Waals surface area (Å²) in [7, 11) is -3.32. The van der Waals surface area contributed by atoms with Crippen molar-refractivity contribution in [2.75, 3.05) is 15.8 Å². The van der Waals surface area contributed by atoms with E-state index in [0.717, 1.165) is 11.3 Å². The Bertz CT molecular complexity index is 1000. The molecule has 164 valence electrons. The number of fused-ring (bicyclic) bond motifs is 1. The minimum absolute atomic E-state index is 0.0246. The molecule has 0 fully saturated rings. The van der Waals surface area contributed by atoms with Gasteiger partial charge in [0, 0.05) is 23.7 Å². The maximum atomic E-state index is 11.9. The molecule has 1 amide bonds. The molecule has 0 saturated heterocycles. The number of H-pyrrole nitrogens is 1.